The van der Waals surface area contributed by atoms with Gasteiger partial charge < -0.3 is 9.55 Å². The first-order valence-electron chi connectivity index (χ1n) is 12.8. The van der Waals surface area contributed by atoms with Crippen molar-refractivity contribution in [3.05, 3.63) is 61.7 Å². The van der Waals surface area contributed by atoms with Crippen LogP contribution in [0.5, 0.6) is 0 Å². The van der Waals surface area contributed by atoms with Crippen LogP contribution in [0.2, 0.25) is 0 Å². The van der Waals surface area contributed by atoms with Gasteiger partial charge in [0.1, 0.15) is 29.2 Å². The van der Waals surface area contributed by atoms with E-state index < -0.39 is 0 Å². The van der Waals surface area contributed by atoms with Crippen molar-refractivity contribution in [2.75, 3.05) is 0 Å². The van der Waals surface area contributed by atoms with Crippen LogP contribution < -0.4 is 0 Å². The normalized spacial score (nSPS) is 11.9. The monoisotopic (exact) mass is 543 g/mol. The number of pyridine rings is 1. The highest BCUT2D eigenvalue weighted by molar-refractivity contribution is 5.74. The topological polar surface area (TPSA) is 129 Å². The number of H-pyrrole nitrogens is 1. The molecular formula is C29H41N11. The first-order chi connectivity index (χ1) is 18.3. The number of fused-ring (bicyclic) bond motifs is 3. The zero-order valence-electron chi connectivity index (χ0n) is 24.2. The summed E-state index contributed by atoms with van der Waals surface area (Å²) in [5.74, 6) is 0. The number of rotatable bonds is 0. The summed E-state index contributed by atoms with van der Waals surface area (Å²) in [6.45, 7) is 19.1. The molecule has 0 spiro atoms. The maximum Gasteiger partial charge on any atom is 0.180 e. The van der Waals surface area contributed by atoms with Crippen LogP contribution in [0, 0.1) is 0 Å². The van der Waals surface area contributed by atoms with Gasteiger partial charge in [0.15, 0.2) is 11.3 Å². The molecule has 1 N–H and O–H groups in total. The molecule has 40 heavy (non-hydrogen) atoms. The Labute approximate surface area is 235 Å². The zero-order chi connectivity index (χ0) is 28.4. The predicted octanol–water partition coefficient (Wildman–Crippen LogP) is 6.05. The molecule has 0 fully saturated rings. The third-order valence-electron chi connectivity index (χ3n) is 5.86. The molecule has 0 radical (unpaired) electrons. The van der Waals surface area contributed by atoms with Crippen LogP contribution in [-0.2, 0) is 16.5 Å². The SMILES string of the molecule is C.CC(C)(C)c1ncnc2nc[nH]c12.CC(C)(C)n1cnc2ncncc21.CC(C)(C)n1ncc2ncccc21. The average molecular weight is 544 g/mol. The van der Waals surface area contributed by atoms with Gasteiger partial charge in [0.25, 0.3) is 0 Å². The van der Waals surface area contributed by atoms with E-state index >= 15 is 0 Å². The Morgan fingerprint density at radius 3 is 2.12 bits per heavy atom. The van der Waals surface area contributed by atoms with Gasteiger partial charge in [-0.3, -0.25) is 9.67 Å². The lowest BCUT2D eigenvalue weighted by Gasteiger charge is -2.20. The lowest BCUT2D eigenvalue weighted by molar-refractivity contribution is 0.368. The van der Waals surface area contributed by atoms with E-state index in [2.05, 4.69) is 112 Å². The fourth-order valence-electron chi connectivity index (χ4n) is 4.02. The van der Waals surface area contributed by atoms with Crippen LogP contribution in [-0.4, -0.2) is 54.2 Å². The highest BCUT2D eigenvalue weighted by Gasteiger charge is 2.20. The van der Waals surface area contributed by atoms with Gasteiger partial charge in [-0.2, -0.15) is 5.10 Å². The van der Waals surface area contributed by atoms with E-state index in [1.807, 2.05) is 16.8 Å². The van der Waals surface area contributed by atoms with E-state index in [1.165, 1.54) is 6.33 Å². The predicted molar refractivity (Wildman–Crippen MR) is 160 cm³/mol. The molecule has 0 amide bonds. The van der Waals surface area contributed by atoms with Crippen LogP contribution >= 0.6 is 0 Å². The molecule has 0 unspecified atom stereocenters. The number of nitrogens with one attached hydrogen (secondary N) is 1. The van der Waals surface area contributed by atoms with E-state index in [-0.39, 0.29) is 23.9 Å². The van der Waals surface area contributed by atoms with Crippen molar-refractivity contribution < 1.29 is 0 Å². The molecule has 6 aromatic heterocycles. The minimum Gasteiger partial charge on any atom is -0.342 e. The molecule has 0 saturated heterocycles. The fourth-order valence-corrected chi connectivity index (χ4v) is 4.02. The summed E-state index contributed by atoms with van der Waals surface area (Å²) in [7, 11) is 0. The second-order valence-electron chi connectivity index (χ2n) is 12.2. The lowest BCUT2D eigenvalue weighted by atomic mass is 9.91. The summed E-state index contributed by atoms with van der Waals surface area (Å²) >= 11 is 0. The van der Waals surface area contributed by atoms with Crippen molar-refractivity contribution in [1.82, 2.24) is 54.2 Å². The maximum atomic E-state index is 4.32. The minimum atomic E-state index is 0. The van der Waals surface area contributed by atoms with Crippen molar-refractivity contribution in [1.29, 1.82) is 0 Å². The Kier molecular flexibility index (Phi) is 8.66. The van der Waals surface area contributed by atoms with E-state index in [4.69, 9.17) is 0 Å². The number of aromatic nitrogens is 11. The van der Waals surface area contributed by atoms with E-state index in [9.17, 15) is 0 Å². The molecule has 0 bridgehead atoms. The van der Waals surface area contributed by atoms with E-state index in [0.29, 0.717) is 0 Å². The molecule has 0 aliphatic heterocycles. The number of nitrogens with zero attached hydrogens (tertiary/aromatic N) is 10. The van der Waals surface area contributed by atoms with Crippen LogP contribution in [0.15, 0.2) is 56.0 Å². The summed E-state index contributed by atoms with van der Waals surface area (Å²) in [6.07, 6.45) is 11.9. The smallest absolute Gasteiger partial charge is 0.180 e. The highest BCUT2D eigenvalue weighted by Crippen LogP contribution is 2.24. The standard InChI is InChI=1S/C10H13N3.2C9H12N4.CH4/c1-10(2,3)13-9-5-4-6-11-8(9)7-12-13;1-9(2,3)7-6-8(12-4-10-6)13-5-11-7;1-9(2,3)13-6-12-8-7(13)4-10-5-11-8;/h4-7H,1-3H3;4-5H,1-3H3,(H,10,11,12,13);4-6H,1-3H3;1H4. The molecule has 0 aliphatic rings. The lowest BCUT2D eigenvalue weighted by Crippen LogP contribution is -2.22. The Morgan fingerprint density at radius 2 is 1.45 bits per heavy atom. The van der Waals surface area contributed by atoms with Crippen molar-refractivity contribution in [2.45, 2.75) is 86.2 Å². The quantitative estimate of drug-likeness (QED) is 0.245. The fraction of sp³-hybridized carbons (Fsp3) is 0.448. The van der Waals surface area contributed by atoms with E-state index in [0.717, 1.165) is 39.1 Å². The second kappa shape index (κ2) is 11.4. The van der Waals surface area contributed by atoms with Crippen molar-refractivity contribution in [3.8, 4) is 0 Å². The molecule has 6 heterocycles. The molecule has 6 rings (SSSR count). The Morgan fingerprint density at radius 1 is 0.725 bits per heavy atom. The number of hydrogen-bond acceptors (Lipinski definition) is 8. The summed E-state index contributed by atoms with van der Waals surface area (Å²) in [5, 5.41) is 4.32. The van der Waals surface area contributed by atoms with Gasteiger partial charge in [-0.25, -0.2) is 29.9 Å². The number of hydrogen-bond donors (Lipinski definition) is 1. The van der Waals surface area contributed by atoms with Gasteiger partial charge in [0.05, 0.1) is 41.8 Å². The summed E-state index contributed by atoms with van der Waals surface area (Å²) < 4.78 is 4.07. The van der Waals surface area contributed by atoms with Crippen LogP contribution in [0.3, 0.4) is 0 Å². The van der Waals surface area contributed by atoms with Crippen LogP contribution in [0.25, 0.3) is 33.4 Å². The van der Waals surface area contributed by atoms with Crippen LogP contribution in [0.1, 0.15) is 75.4 Å². The second-order valence-corrected chi connectivity index (χ2v) is 12.2. The van der Waals surface area contributed by atoms with Crippen LogP contribution in [0.4, 0.5) is 0 Å². The first kappa shape index (κ1) is 30.3. The highest BCUT2D eigenvalue weighted by atomic mass is 15.3. The Balaban J connectivity index is 0.000000163. The van der Waals surface area contributed by atoms with Gasteiger partial charge in [-0.05, 0) is 53.7 Å². The van der Waals surface area contributed by atoms with Crippen molar-refractivity contribution in [2.24, 2.45) is 0 Å². The third kappa shape index (κ3) is 6.64. The van der Waals surface area contributed by atoms with Gasteiger partial charge in [-0.15, -0.1) is 0 Å². The molecular weight excluding hydrogens is 502 g/mol. The Hall–Kier alpha value is -4.28. The molecule has 0 saturated carbocycles. The zero-order valence-corrected chi connectivity index (χ0v) is 24.2. The number of imidazole rings is 2. The van der Waals surface area contributed by atoms with Crippen molar-refractivity contribution >= 4 is 33.4 Å². The molecule has 212 valence electrons. The van der Waals surface area contributed by atoms with Gasteiger partial charge in [-0.1, -0.05) is 28.2 Å². The third-order valence-corrected chi connectivity index (χ3v) is 5.86. The molecule has 0 aromatic carbocycles. The molecule has 11 nitrogen and oxygen atoms in total. The molecule has 0 aliphatic carbocycles. The summed E-state index contributed by atoms with van der Waals surface area (Å²) in [5.41, 5.74) is 6.54. The molecule has 6 aromatic rings. The number of aromatic amines is 1. The maximum absolute atomic E-state index is 4.32. The van der Waals surface area contributed by atoms with Gasteiger partial charge >= 0.3 is 0 Å². The molecule has 11 heteroatoms. The average Bonchev–Trinajstić information content (AvgIpc) is 3.61. The summed E-state index contributed by atoms with van der Waals surface area (Å²) in [6, 6.07) is 3.98. The molecule has 0 atom stereocenters. The van der Waals surface area contributed by atoms with Gasteiger partial charge in [0, 0.05) is 17.2 Å². The largest absolute Gasteiger partial charge is 0.342 e. The minimum absolute atomic E-state index is 0. The van der Waals surface area contributed by atoms with Crippen molar-refractivity contribution in [3.63, 3.8) is 0 Å². The first-order valence-corrected chi connectivity index (χ1v) is 12.8. The van der Waals surface area contributed by atoms with E-state index in [1.54, 1.807) is 37.6 Å². The van der Waals surface area contributed by atoms with Gasteiger partial charge in [0.2, 0.25) is 0 Å². The Bertz CT molecular complexity index is 1580. The summed E-state index contributed by atoms with van der Waals surface area (Å²) in [4.78, 5) is 32.0.